The molecule has 4 rings (SSSR count). The first-order chi connectivity index (χ1) is 15.0. The normalized spacial score (nSPS) is 32.6. The second-order valence-electron chi connectivity index (χ2n) is 7.61. The van der Waals surface area contributed by atoms with E-state index in [1.54, 1.807) is 41.3 Å². The summed E-state index contributed by atoms with van der Waals surface area (Å²) < 4.78 is 12.8. The Labute approximate surface area is 180 Å². The van der Waals surface area contributed by atoms with E-state index in [-0.39, 0.29) is 6.04 Å². The van der Waals surface area contributed by atoms with Gasteiger partial charge >= 0.3 is 0 Å². The number of aliphatic hydroxyl groups is 4. The summed E-state index contributed by atoms with van der Waals surface area (Å²) >= 11 is 0. The number of aromatic nitrogens is 2. The molecule has 0 unspecified atom stereocenters. The molecular formula is C23H24N2O6. The second kappa shape index (κ2) is 9.21. The van der Waals surface area contributed by atoms with Crippen LogP contribution < -0.4 is 0 Å². The molecule has 2 fully saturated rings. The molecule has 2 aromatic rings. The zero-order valence-electron chi connectivity index (χ0n) is 16.8. The summed E-state index contributed by atoms with van der Waals surface area (Å²) in [5.74, 6) is 11.1. The van der Waals surface area contributed by atoms with Crippen LogP contribution in [0.2, 0.25) is 0 Å². The summed E-state index contributed by atoms with van der Waals surface area (Å²) in [7, 11) is 0. The first kappa shape index (κ1) is 21.5. The van der Waals surface area contributed by atoms with E-state index >= 15 is 0 Å². The molecule has 162 valence electrons. The van der Waals surface area contributed by atoms with Crippen LogP contribution in [-0.2, 0) is 9.47 Å². The van der Waals surface area contributed by atoms with Crippen LogP contribution >= 0.6 is 0 Å². The Balaban J connectivity index is 1.63. The smallest absolute Gasteiger partial charge is 0.191 e. The van der Waals surface area contributed by atoms with Crippen LogP contribution in [0.4, 0.5) is 0 Å². The molecule has 2 aliphatic rings. The maximum Gasteiger partial charge on any atom is 0.191 e. The number of ether oxygens (including phenoxy) is 2. The van der Waals surface area contributed by atoms with Gasteiger partial charge in [-0.3, -0.25) is 4.68 Å². The van der Waals surface area contributed by atoms with Crippen molar-refractivity contribution >= 4 is 0 Å². The van der Waals surface area contributed by atoms with E-state index in [1.807, 2.05) is 6.07 Å². The van der Waals surface area contributed by atoms with E-state index in [0.29, 0.717) is 24.3 Å². The lowest BCUT2D eigenvalue weighted by molar-refractivity contribution is -0.239. The Kier molecular flexibility index (Phi) is 6.40. The average Bonchev–Trinajstić information content (AvgIpc) is 3.49. The summed E-state index contributed by atoms with van der Waals surface area (Å²) in [5, 5.41) is 45.8. The molecule has 0 radical (unpaired) electrons. The molecule has 31 heavy (non-hydrogen) atoms. The van der Waals surface area contributed by atoms with Gasteiger partial charge in [0.15, 0.2) is 11.7 Å². The number of rotatable bonds is 2. The Hall–Kier alpha value is -2.69. The van der Waals surface area contributed by atoms with E-state index in [2.05, 4.69) is 28.8 Å². The summed E-state index contributed by atoms with van der Waals surface area (Å²) in [4.78, 5) is 0. The van der Waals surface area contributed by atoms with Gasteiger partial charge in [-0.05, 0) is 18.6 Å². The standard InChI is InChI=1S/C23H24N2O6/c26-14-19-21(27)22(28)23(29,10-8-16-4-2-1-3-5-16)20(31-19)7-6-17-12-24-25(13-17)18-9-11-30-15-18/h1-5,12-13,18-22,26-29H,9,11,14-15H2/t18-,19+,20+,21+,22-,23+/m0/s1. The van der Waals surface area contributed by atoms with Crippen LogP contribution in [0.25, 0.3) is 0 Å². The lowest BCUT2D eigenvalue weighted by atomic mass is 9.82. The highest BCUT2D eigenvalue weighted by molar-refractivity contribution is 5.41. The molecule has 1 aromatic carbocycles. The van der Waals surface area contributed by atoms with Crippen LogP contribution in [0, 0.1) is 23.7 Å². The molecule has 2 saturated heterocycles. The monoisotopic (exact) mass is 424 g/mol. The van der Waals surface area contributed by atoms with Gasteiger partial charge in [0.1, 0.15) is 18.3 Å². The van der Waals surface area contributed by atoms with Gasteiger partial charge in [-0.2, -0.15) is 5.10 Å². The quantitative estimate of drug-likeness (QED) is 0.479. The van der Waals surface area contributed by atoms with E-state index in [4.69, 9.17) is 9.47 Å². The molecular weight excluding hydrogens is 400 g/mol. The van der Waals surface area contributed by atoms with Crippen molar-refractivity contribution in [2.45, 2.75) is 42.5 Å². The van der Waals surface area contributed by atoms with Gasteiger partial charge in [-0.25, -0.2) is 0 Å². The molecule has 1 aromatic heterocycles. The second-order valence-corrected chi connectivity index (χ2v) is 7.61. The number of nitrogens with zero attached hydrogens (tertiary/aromatic N) is 2. The zero-order chi connectivity index (χ0) is 21.8. The summed E-state index contributed by atoms with van der Waals surface area (Å²) in [6, 6.07) is 9.08. The number of hydrogen-bond donors (Lipinski definition) is 4. The largest absolute Gasteiger partial charge is 0.394 e. The van der Waals surface area contributed by atoms with Gasteiger partial charge in [-0.15, -0.1) is 0 Å². The SMILES string of the molecule is OC[C@H]1O[C@H](C#Cc2cnn([C@H]3CCOC3)c2)[C@](O)(C#Cc2ccccc2)[C@@H](O)[C@@H]1O. The van der Waals surface area contributed by atoms with Gasteiger partial charge in [0, 0.05) is 18.4 Å². The summed E-state index contributed by atoms with van der Waals surface area (Å²) in [5.41, 5.74) is -0.952. The summed E-state index contributed by atoms with van der Waals surface area (Å²) in [6.45, 7) is 0.743. The zero-order valence-corrected chi connectivity index (χ0v) is 16.8. The highest BCUT2D eigenvalue weighted by Crippen LogP contribution is 2.30. The van der Waals surface area contributed by atoms with Crippen LogP contribution in [0.3, 0.4) is 0 Å². The van der Waals surface area contributed by atoms with Crippen molar-refractivity contribution in [2.24, 2.45) is 0 Å². The molecule has 0 bridgehead atoms. The molecule has 2 aliphatic heterocycles. The van der Waals surface area contributed by atoms with Gasteiger partial charge in [0.25, 0.3) is 0 Å². The maximum atomic E-state index is 11.2. The Morgan fingerprint density at radius 2 is 1.97 bits per heavy atom. The highest BCUT2D eigenvalue weighted by Gasteiger charge is 2.53. The average molecular weight is 424 g/mol. The van der Waals surface area contributed by atoms with Crippen molar-refractivity contribution in [3.8, 4) is 23.7 Å². The minimum atomic E-state index is -2.16. The van der Waals surface area contributed by atoms with Crippen LogP contribution in [0.15, 0.2) is 42.7 Å². The van der Waals surface area contributed by atoms with Gasteiger partial charge in [0.05, 0.1) is 31.0 Å². The molecule has 3 heterocycles. The molecule has 8 heteroatoms. The predicted octanol–water partition coefficient (Wildman–Crippen LogP) is -0.540. The first-order valence-electron chi connectivity index (χ1n) is 10.1. The van der Waals surface area contributed by atoms with Gasteiger partial charge in [0.2, 0.25) is 0 Å². The summed E-state index contributed by atoms with van der Waals surface area (Å²) in [6.07, 6.45) is -1.34. The van der Waals surface area contributed by atoms with Crippen LogP contribution in [-0.4, -0.2) is 80.0 Å². The first-order valence-corrected chi connectivity index (χ1v) is 10.1. The molecule has 0 aliphatic carbocycles. The van der Waals surface area contributed by atoms with E-state index in [0.717, 1.165) is 6.42 Å². The van der Waals surface area contributed by atoms with Crippen molar-refractivity contribution in [2.75, 3.05) is 19.8 Å². The number of hydrogen-bond acceptors (Lipinski definition) is 7. The van der Waals surface area contributed by atoms with Crippen molar-refractivity contribution in [1.82, 2.24) is 9.78 Å². The van der Waals surface area contributed by atoms with Crippen LogP contribution in [0.5, 0.6) is 0 Å². The Morgan fingerprint density at radius 3 is 2.68 bits per heavy atom. The Morgan fingerprint density at radius 1 is 1.16 bits per heavy atom. The third-order valence-corrected chi connectivity index (χ3v) is 5.46. The number of aliphatic hydroxyl groups excluding tert-OH is 3. The predicted molar refractivity (Wildman–Crippen MR) is 110 cm³/mol. The van der Waals surface area contributed by atoms with Gasteiger partial charge < -0.3 is 29.9 Å². The fraction of sp³-hybridized carbons (Fsp3) is 0.435. The molecule has 0 spiro atoms. The van der Waals surface area contributed by atoms with E-state index < -0.39 is 36.6 Å². The third-order valence-electron chi connectivity index (χ3n) is 5.46. The van der Waals surface area contributed by atoms with Crippen molar-refractivity contribution in [3.05, 3.63) is 53.9 Å². The molecule has 0 amide bonds. The third kappa shape index (κ3) is 4.51. The number of benzene rings is 1. The molecule has 4 N–H and O–H groups in total. The van der Waals surface area contributed by atoms with Gasteiger partial charge in [-0.1, -0.05) is 41.9 Å². The maximum absolute atomic E-state index is 11.2. The van der Waals surface area contributed by atoms with Crippen molar-refractivity contribution in [1.29, 1.82) is 0 Å². The fourth-order valence-corrected chi connectivity index (χ4v) is 3.59. The topological polar surface area (TPSA) is 117 Å². The van der Waals surface area contributed by atoms with E-state index in [1.165, 1.54) is 0 Å². The highest BCUT2D eigenvalue weighted by atomic mass is 16.5. The lowest BCUT2D eigenvalue weighted by Crippen LogP contribution is -2.65. The molecule has 8 nitrogen and oxygen atoms in total. The minimum absolute atomic E-state index is 0.158. The van der Waals surface area contributed by atoms with Crippen molar-refractivity contribution in [3.63, 3.8) is 0 Å². The molecule has 6 atom stereocenters. The Bertz CT molecular complexity index is 1010. The van der Waals surface area contributed by atoms with E-state index in [9.17, 15) is 20.4 Å². The van der Waals surface area contributed by atoms with Crippen LogP contribution in [0.1, 0.15) is 23.6 Å². The minimum Gasteiger partial charge on any atom is -0.394 e. The fourth-order valence-electron chi connectivity index (χ4n) is 3.59. The molecule has 0 saturated carbocycles. The van der Waals surface area contributed by atoms with Crippen molar-refractivity contribution < 1.29 is 29.9 Å². The lowest BCUT2D eigenvalue weighted by Gasteiger charge is -2.43.